The Morgan fingerprint density at radius 1 is 1.10 bits per heavy atom. The van der Waals surface area contributed by atoms with Crippen molar-refractivity contribution < 1.29 is 4.74 Å². The van der Waals surface area contributed by atoms with Crippen molar-refractivity contribution in [2.45, 2.75) is 37.8 Å². The topological polar surface area (TPSA) is 22.1 Å². The largest absolute Gasteiger partial charge is 0.370 e. The van der Waals surface area contributed by atoms with E-state index in [1.165, 1.54) is 11.1 Å². The second-order valence-corrected chi connectivity index (χ2v) is 6.50. The summed E-state index contributed by atoms with van der Waals surface area (Å²) in [4.78, 5) is 4.31. The lowest BCUT2D eigenvalue weighted by Gasteiger charge is -2.28. The number of hydrogen-bond donors (Lipinski definition) is 0. The third-order valence-electron chi connectivity index (χ3n) is 3.48. The summed E-state index contributed by atoms with van der Waals surface area (Å²) < 4.78 is 6.13. The zero-order valence-corrected chi connectivity index (χ0v) is 13.8. The Balaban J connectivity index is 1.89. The Labute approximate surface area is 131 Å². The molecule has 0 saturated carbocycles. The van der Waals surface area contributed by atoms with Crippen LogP contribution in [0, 0.1) is 0 Å². The Hall–Kier alpha value is -1.32. The van der Waals surface area contributed by atoms with Gasteiger partial charge in [-0.1, -0.05) is 37.3 Å². The second-order valence-electron chi connectivity index (χ2n) is 5.39. The molecule has 0 aliphatic carbocycles. The van der Waals surface area contributed by atoms with E-state index in [0.717, 1.165) is 17.2 Å². The van der Waals surface area contributed by atoms with Crippen molar-refractivity contribution >= 4 is 11.8 Å². The van der Waals surface area contributed by atoms with Crippen molar-refractivity contribution in [1.29, 1.82) is 0 Å². The molecule has 0 fully saturated rings. The molecule has 0 unspecified atom stereocenters. The van der Waals surface area contributed by atoms with Crippen molar-refractivity contribution in [3.8, 4) is 0 Å². The Bertz CT molecular complexity index is 554. The maximum Gasteiger partial charge on any atom is 0.0960 e. The number of thioether (sulfide) groups is 1. The predicted molar refractivity (Wildman–Crippen MR) is 89.8 cm³/mol. The predicted octanol–water partition coefficient (Wildman–Crippen LogP) is 4.69. The number of aromatic nitrogens is 1. The van der Waals surface area contributed by atoms with Gasteiger partial charge in [0.05, 0.1) is 17.2 Å². The van der Waals surface area contributed by atoms with Crippen LogP contribution in [0.3, 0.4) is 0 Å². The number of aryl methyl sites for hydroxylation is 1. The van der Waals surface area contributed by atoms with Gasteiger partial charge in [-0.05, 0) is 43.5 Å². The SMILES string of the molecule is CCc1ccccc1C(C)(C)OCCSc1ccccn1. The van der Waals surface area contributed by atoms with Crippen LogP contribution in [0.15, 0.2) is 53.7 Å². The monoisotopic (exact) mass is 301 g/mol. The fraction of sp³-hybridized carbons (Fsp3) is 0.389. The molecule has 0 atom stereocenters. The molecule has 0 aliphatic rings. The highest BCUT2D eigenvalue weighted by molar-refractivity contribution is 7.99. The number of rotatable bonds is 7. The minimum Gasteiger partial charge on any atom is -0.370 e. The first-order valence-corrected chi connectivity index (χ1v) is 8.38. The smallest absolute Gasteiger partial charge is 0.0960 e. The summed E-state index contributed by atoms with van der Waals surface area (Å²) in [6.45, 7) is 7.19. The van der Waals surface area contributed by atoms with Gasteiger partial charge >= 0.3 is 0 Å². The summed E-state index contributed by atoms with van der Waals surface area (Å²) in [6.07, 6.45) is 2.86. The lowest BCUT2D eigenvalue weighted by Crippen LogP contribution is -2.24. The third kappa shape index (κ3) is 4.58. The molecule has 3 heteroatoms. The number of pyridine rings is 1. The van der Waals surface area contributed by atoms with E-state index in [9.17, 15) is 0 Å². The van der Waals surface area contributed by atoms with Crippen molar-refractivity contribution in [2.24, 2.45) is 0 Å². The summed E-state index contributed by atoms with van der Waals surface area (Å²) in [7, 11) is 0. The summed E-state index contributed by atoms with van der Waals surface area (Å²) >= 11 is 1.73. The first kappa shape index (κ1) is 16.1. The highest BCUT2D eigenvalue weighted by Gasteiger charge is 2.23. The zero-order chi connectivity index (χ0) is 15.1. The van der Waals surface area contributed by atoms with Crippen LogP contribution in [0.2, 0.25) is 0 Å². The van der Waals surface area contributed by atoms with Crippen LogP contribution in [-0.4, -0.2) is 17.3 Å². The molecule has 0 saturated heterocycles. The Kier molecular flexibility index (Phi) is 5.83. The Morgan fingerprint density at radius 2 is 1.86 bits per heavy atom. The van der Waals surface area contributed by atoms with Crippen LogP contribution < -0.4 is 0 Å². The molecule has 21 heavy (non-hydrogen) atoms. The summed E-state index contributed by atoms with van der Waals surface area (Å²) in [5.74, 6) is 0.911. The van der Waals surface area contributed by atoms with E-state index in [4.69, 9.17) is 4.74 Å². The fourth-order valence-electron chi connectivity index (χ4n) is 2.37. The molecule has 0 N–H and O–H groups in total. The maximum absolute atomic E-state index is 6.13. The standard InChI is InChI=1S/C18H23NOS/c1-4-15-9-5-6-10-16(15)18(2,3)20-13-14-21-17-11-7-8-12-19-17/h5-12H,4,13-14H2,1-3H3. The molecule has 2 rings (SSSR count). The van der Waals surface area contributed by atoms with Crippen molar-refractivity contribution in [1.82, 2.24) is 4.98 Å². The molecular weight excluding hydrogens is 278 g/mol. The van der Waals surface area contributed by atoms with E-state index in [1.54, 1.807) is 11.8 Å². The lowest BCUT2D eigenvalue weighted by molar-refractivity contribution is -0.0130. The molecule has 1 heterocycles. The highest BCUT2D eigenvalue weighted by Crippen LogP contribution is 2.28. The van der Waals surface area contributed by atoms with Crippen molar-refractivity contribution in [3.63, 3.8) is 0 Å². The zero-order valence-electron chi connectivity index (χ0n) is 13.0. The summed E-state index contributed by atoms with van der Waals surface area (Å²) in [6, 6.07) is 14.5. The molecule has 2 aromatic rings. The normalized spacial score (nSPS) is 11.6. The lowest BCUT2D eigenvalue weighted by atomic mass is 9.92. The minimum absolute atomic E-state index is 0.253. The molecule has 0 bridgehead atoms. The molecular formula is C18H23NOS. The molecule has 0 amide bonds. The third-order valence-corrected chi connectivity index (χ3v) is 4.39. The van der Waals surface area contributed by atoms with Crippen molar-refractivity contribution in [3.05, 3.63) is 59.8 Å². The maximum atomic E-state index is 6.13. The number of ether oxygens (including phenoxy) is 1. The van der Waals surface area contributed by atoms with Crippen LogP contribution in [0.1, 0.15) is 31.9 Å². The van der Waals surface area contributed by atoms with Gasteiger partial charge in [0, 0.05) is 11.9 Å². The van der Waals surface area contributed by atoms with Gasteiger partial charge in [0.2, 0.25) is 0 Å². The van der Waals surface area contributed by atoms with Gasteiger partial charge < -0.3 is 4.74 Å². The van der Waals surface area contributed by atoms with E-state index >= 15 is 0 Å². The molecule has 0 spiro atoms. The minimum atomic E-state index is -0.253. The average molecular weight is 301 g/mol. The highest BCUT2D eigenvalue weighted by atomic mass is 32.2. The molecule has 2 nitrogen and oxygen atoms in total. The summed E-state index contributed by atoms with van der Waals surface area (Å²) in [5.41, 5.74) is 2.40. The first-order valence-electron chi connectivity index (χ1n) is 7.39. The van der Waals surface area contributed by atoms with E-state index in [-0.39, 0.29) is 5.60 Å². The molecule has 0 radical (unpaired) electrons. The van der Waals surface area contributed by atoms with E-state index < -0.39 is 0 Å². The molecule has 1 aromatic carbocycles. The average Bonchev–Trinajstić information content (AvgIpc) is 2.52. The number of hydrogen-bond acceptors (Lipinski definition) is 3. The van der Waals surface area contributed by atoms with E-state index in [1.807, 2.05) is 24.4 Å². The van der Waals surface area contributed by atoms with E-state index in [0.29, 0.717) is 6.61 Å². The van der Waals surface area contributed by atoms with Gasteiger partial charge in [0.25, 0.3) is 0 Å². The molecule has 1 aromatic heterocycles. The van der Waals surface area contributed by atoms with E-state index in [2.05, 4.69) is 50.0 Å². The quantitative estimate of drug-likeness (QED) is 0.547. The number of nitrogens with zero attached hydrogens (tertiary/aromatic N) is 1. The van der Waals surface area contributed by atoms with Gasteiger partial charge in [0.15, 0.2) is 0 Å². The van der Waals surface area contributed by atoms with Gasteiger partial charge in [-0.3, -0.25) is 0 Å². The molecule has 0 aliphatic heterocycles. The van der Waals surface area contributed by atoms with Crippen LogP contribution in [0.4, 0.5) is 0 Å². The first-order chi connectivity index (χ1) is 10.1. The Morgan fingerprint density at radius 3 is 2.57 bits per heavy atom. The van der Waals surface area contributed by atoms with Crippen LogP contribution >= 0.6 is 11.8 Å². The fourth-order valence-corrected chi connectivity index (χ4v) is 3.06. The number of benzene rings is 1. The van der Waals surface area contributed by atoms with Crippen molar-refractivity contribution in [2.75, 3.05) is 12.4 Å². The van der Waals surface area contributed by atoms with Gasteiger partial charge in [-0.25, -0.2) is 4.98 Å². The van der Waals surface area contributed by atoms with Gasteiger partial charge in [0.1, 0.15) is 0 Å². The summed E-state index contributed by atoms with van der Waals surface area (Å²) in [5, 5.41) is 1.05. The van der Waals surface area contributed by atoms with Crippen LogP contribution in [0.25, 0.3) is 0 Å². The van der Waals surface area contributed by atoms with Gasteiger partial charge in [-0.15, -0.1) is 11.8 Å². The second kappa shape index (κ2) is 7.62. The van der Waals surface area contributed by atoms with Crippen LogP contribution in [0.5, 0.6) is 0 Å². The van der Waals surface area contributed by atoms with Gasteiger partial charge in [-0.2, -0.15) is 0 Å². The van der Waals surface area contributed by atoms with Crippen LogP contribution in [-0.2, 0) is 16.8 Å². The molecule has 112 valence electrons.